The highest BCUT2D eigenvalue weighted by Crippen LogP contribution is 2.21. The molecule has 0 saturated carbocycles. The van der Waals surface area contributed by atoms with Gasteiger partial charge in [0.25, 0.3) is 0 Å². The number of aromatic nitrogens is 3. The van der Waals surface area contributed by atoms with Gasteiger partial charge in [0.1, 0.15) is 0 Å². The predicted molar refractivity (Wildman–Crippen MR) is 80.5 cm³/mol. The normalized spacial score (nSPS) is 11.1. The number of benzene rings is 1. The van der Waals surface area contributed by atoms with Crippen LogP contribution in [0.5, 0.6) is 0 Å². The third-order valence-electron chi connectivity index (χ3n) is 3.25. The highest BCUT2D eigenvalue weighted by atomic mass is 32.1. The lowest BCUT2D eigenvalue weighted by atomic mass is 10.1. The number of rotatable bonds is 1. The van der Waals surface area contributed by atoms with Gasteiger partial charge in [-0.3, -0.25) is 4.57 Å². The van der Waals surface area contributed by atoms with E-state index in [4.69, 9.17) is 12.2 Å². The standard InChI is InChI=1S/C15H15N3S/c1-9-4-5-13(11(3)6-9)18-14-12(17-15(18)19)7-10(2)8-16-14/h4-8H,1-3H3,(H,17,19). The second-order valence-electron chi connectivity index (χ2n) is 4.94. The zero-order valence-electron chi connectivity index (χ0n) is 11.2. The van der Waals surface area contributed by atoms with Gasteiger partial charge in [0.15, 0.2) is 10.4 Å². The quantitative estimate of drug-likeness (QED) is 0.677. The lowest BCUT2D eigenvalue weighted by Gasteiger charge is -2.08. The van der Waals surface area contributed by atoms with E-state index in [2.05, 4.69) is 48.1 Å². The molecule has 1 aromatic carbocycles. The molecule has 0 unspecified atom stereocenters. The van der Waals surface area contributed by atoms with Gasteiger partial charge in [-0.25, -0.2) is 4.98 Å². The lowest BCUT2D eigenvalue weighted by molar-refractivity contribution is 1.03. The van der Waals surface area contributed by atoms with Gasteiger partial charge < -0.3 is 4.98 Å². The lowest BCUT2D eigenvalue weighted by Crippen LogP contribution is -1.98. The van der Waals surface area contributed by atoms with E-state index >= 15 is 0 Å². The van der Waals surface area contributed by atoms with Crippen molar-refractivity contribution in [2.24, 2.45) is 0 Å². The third-order valence-corrected chi connectivity index (χ3v) is 3.54. The van der Waals surface area contributed by atoms with Gasteiger partial charge in [0.2, 0.25) is 0 Å². The number of aryl methyl sites for hydroxylation is 3. The van der Waals surface area contributed by atoms with Gasteiger partial charge in [-0.1, -0.05) is 17.7 Å². The molecule has 0 saturated heterocycles. The molecule has 1 N–H and O–H groups in total. The molecule has 2 heterocycles. The maximum atomic E-state index is 5.44. The van der Waals surface area contributed by atoms with Gasteiger partial charge in [-0.05, 0) is 56.2 Å². The molecule has 4 heteroatoms. The summed E-state index contributed by atoms with van der Waals surface area (Å²) in [6.45, 7) is 6.21. The van der Waals surface area contributed by atoms with Crippen molar-refractivity contribution >= 4 is 23.4 Å². The second kappa shape index (κ2) is 4.31. The minimum absolute atomic E-state index is 0.681. The molecule has 2 aromatic heterocycles. The molecule has 3 aromatic rings. The van der Waals surface area contributed by atoms with Crippen molar-refractivity contribution in [3.05, 3.63) is 51.9 Å². The number of H-pyrrole nitrogens is 1. The van der Waals surface area contributed by atoms with Crippen molar-refractivity contribution in [3.8, 4) is 5.69 Å². The molecule has 0 aliphatic heterocycles. The molecular weight excluding hydrogens is 254 g/mol. The number of imidazole rings is 1. The summed E-state index contributed by atoms with van der Waals surface area (Å²) in [5.41, 5.74) is 6.50. The van der Waals surface area contributed by atoms with E-state index in [9.17, 15) is 0 Å². The molecule has 3 rings (SSSR count). The molecule has 0 aliphatic carbocycles. The number of hydrogen-bond donors (Lipinski definition) is 1. The minimum atomic E-state index is 0.681. The molecule has 0 atom stereocenters. The van der Waals surface area contributed by atoms with Crippen molar-refractivity contribution in [2.75, 3.05) is 0 Å². The Morgan fingerprint density at radius 3 is 2.63 bits per heavy atom. The monoisotopic (exact) mass is 269 g/mol. The van der Waals surface area contributed by atoms with Crippen LogP contribution in [-0.2, 0) is 0 Å². The van der Waals surface area contributed by atoms with Gasteiger partial charge in [-0.2, -0.15) is 0 Å². The molecule has 96 valence electrons. The average molecular weight is 269 g/mol. The van der Waals surface area contributed by atoms with Crippen LogP contribution in [0.4, 0.5) is 0 Å². The Balaban J connectivity index is 2.36. The summed E-state index contributed by atoms with van der Waals surface area (Å²) in [6.07, 6.45) is 1.87. The average Bonchev–Trinajstić information content (AvgIpc) is 2.65. The number of aromatic amines is 1. The Morgan fingerprint density at radius 2 is 1.89 bits per heavy atom. The van der Waals surface area contributed by atoms with E-state index in [0.717, 1.165) is 22.4 Å². The van der Waals surface area contributed by atoms with Crippen LogP contribution in [0.15, 0.2) is 30.5 Å². The molecule has 3 nitrogen and oxygen atoms in total. The van der Waals surface area contributed by atoms with Crippen LogP contribution in [-0.4, -0.2) is 14.5 Å². The van der Waals surface area contributed by atoms with Crippen LogP contribution >= 0.6 is 12.2 Å². The number of pyridine rings is 1. The highest BCUT2D eigenvalue weighted by molar-refractivity contribution is 7.71. The fourth-order valence-electron chi connectivity index (χ4n) is 2.38. The summed E-state index contributed by atoms with van der Waals surface area (Å²) < 4.78 is 2.68. The number of hydrogen-bond acceptors (Lipinski definition) is 2. The van der Waals surface area contributed by atoms with Gasteiger partial charge in [0.05, 0.1) is 11.2 Å². The Hall–Kier alpha value is -1.94. The molecule has 0 bridgehead atoms. The minimum Gasteiger partial charge on any atom is -0.329 e. The number of nitrogens with one attached hydrogen (secondary N) is 1. The molecular formula is C15H15N3S. The van der Waals surface area contributed by atoms with Gasteiger partial charge >= 0.3 is 0 Å². The van der Waals surface area contributed by atoms with Crippen LogP contribution in [0.25, 0.3) is 16.9 Å². The second-order valence-corrected chi connectivity index (χ2v) is 5.33. The third kappa shape index (κ3) is 1.98. The van der Waals surface area contributed by atoms with Crippen molar-refractivity contribution in [3.63, 3.8) is 0 Å². The smallest absolute Gasteiger partial charge is 0.184 e. The zero-order valence-corrected chi connectivity index (χ0v) is 12.0. The van der Waals surface area contributed by atoms with E-state index < -0.39 is 0 Å². The first-order valence-electron chi connectivity index (χ1n) is 6.21. The Kier molecular flexibility index (Phi) is 2.75. The summed E-state index contributed by atoms with van der Waals surface area (Å²) in [4.78, 5) is 7.73. The maximum absolute atomic E-state index is 5.44. The zero-order chi connectivity index (χ0) is 13.6. The molecule has 0 radical (unpaired) electrons. The van der Waals surface area contributed by atoms with Crippen LogP contribution in [0, 0.1) is 25.5 Å². The Labute approximate surface area is 116 Å². The van der Waals surface area contributed by atoms with Crippen molar-refractivity contribution in [1.29, 1.82) is 0 Å². The first-order chi connectivity index (χ1) is 9.06. The first kappa shape index (κ1) is 12.1. The largest absolute Gasteiger partial charge is 0.329 e. The summed E-state index contributed by atoms with van der Waals surface area (Å²) >= 11 is 5.44. The molecule has 0 spiro atoms. The van der Waals surface area contributed by atoms with Crippen molar-refractivity contribution in [1.82, 2.24) is 14.5 Å². The van der Waals surface area contributed by atoms with E-state index in [1.165, 1.54) is 11.1 Å². The van der Waals surface area contributed by atoms with Crippen LogP contribution in [0.2, 0.25) is 0 Å². The molecule has 19 heavy (non-hydrogen) atoms. The molecule has 0 amide bonds. The van der Waals surface area contributed by atoms with Crippen molar-refractivity contribution < 1.29 is 0 Å². The predicted octanol–water partition coefficient (Wildman–Crippen LogP) is 4.01. The summed E-state index contributed by atoms with van der Waals surface area (Å²) in [6, 6.07) is 8.41. The summed E-state index contributed by atoms with van der Waals surface area (Å²) in [7, 11) is 0. The Bertz CT molecular complexity index is 827. The van der Waals surface area contributed by atoms with E-state index in [1.54, 1.807) is 0 Å². The topological polar surface area (TPSA) is 33.6 Å². The Morgan fingerprint density at radius 1 is 1.11 bits per heavy atom. The molecule has 0 fully saturated rings. The van der Waals surface area contributed by atoms with Crippen molar-refractivity contribution in [2.45, 2.75) is 20.8 Å². The number of nitrogens with zero attached hydrogens (tertiary/aromatic N) is 2. The molecule has 0 aliphatic rings. The van der Waals surface area contributed by atoms with E-state index in [1.807, 2.05) is 17.7 Å². The van der Waals surface area contributed by atoms with Gasteiger partial charge in [-0.15, -0.1) is 0 Å². The van der Waals surface area contributed by atoms with Crippen LogP contribution in [0.1, 0.15) is 16.7 Å². The van der Waals surface area contributed by atoms with Crippen LogP contribution < -0.4 is 0 Å². The van der Waals surface area contributed by atoms with Gasteiger partial charge in [0, 0.05) is 6.20 Å². The SMILES string of the molecule is Cc1ccc(-n2c(=S)[nH]c3cc(C)cnc32)c(C)c1. The van der Waals surface area contributed by atoms with E-state index in [-0.39, 0.29) is 0 Å². The summed E-state index contributed by atoms with van der Waals surface area (Å²) in [5, 5.41) is 0. The van der Waals surface area contributed by atoms with E-state index in [0.29, 0.717) is 4.77 Å². The first-order valence-corrected chi connectivity index (χ1v) is 6.62. The highest BCUT2D eigenvalue weighted by Gasteiger charge is 2.09. The fourth-order valence-corrected chi connectivity index (χ4v) is 2.67. The summed E-state index contributed by atoms with van der Waals surface area (Å²) in [5.74, 6) is 0. The maximum Gasteiger partial charge on any atom is 0.184 e. The number of fused-ring (bicyclic) bond motifs is 1. The fraction of sp³-hybridized carbons (Fsp3) is 0.200. The van der Waals surface area contributed by atoms with Crippen LogP contribution in [0.3, 0.4) is 0 Å².